The molecular weight excluding hydrogens is 280 g/mol. The van der Waals surface area contributed by atoms with E-state index in [9.17, 15) is 4.79 Å². The number of ether oxygens (including phenoxy) is 1. The lowest BCUT2D eigenvalue weighted by molar-refractivity contribution is -0.0445. The van der Waals surface area contributed by atoms with Crippen molar-refractivity contribution in [2.45, 2.75) is 13.0 Å². The molecule has 0 radical (unpaired) electrons. The molecule has 8 heteroatoms. The SMILES string of the molecule is CCN(C)c1nc(N)c(C(=O)N2CCOC(CO)C2)s1. The van der Waals surface area contributed by atoms with Crippen LogP contribution in [-0.2, 0) is 4.74 Å². The first-order valence-corrected chi connectivity index (χ1v) is 7.37. The summed E-state index contributed by atoms with van der Waals surface area (Å²) in [6.07, 6.45) is -0.320. The molecule has 1 amide bonds. The van der Waals surface area contributed by atoms with Gasteiger partial charge in [-0.3, -0.25) is 4.79 Å². The number of morpholine rings is 1. The standard InChI is InChI=1S/C12H20N4O3S/c1-3-15(2)12-14-10(13)9(20-12)11(18)16-4-5-19-8(6-16)7-17/h8,17H,3-7,13H2,1-2H3. The predicted molar refractivity (Wildman–Crippen MR) is 78.2 cm³/mol. The second-order valence-corrected chi connectivity index (χ2v) is 5.63. The Bertz CT molecular complexity index is 479. The third-order valence-electron chi connectivity index (χ3n) is 3.27. The molecule has 1 aromatic rings. The van der Waals surface area contributed by atoms with E-state index in [0.29, 0.717) is 24.6 Å². The number of amides is 1. The second-order valence-electron chi connectivity index (χ2n) is 4.65. The fraction of sp³-hybridized carbons (Fsp3) is 0.667. The molecule has 3 N–H and O–H groups in total. The van der Waals surface area contributed by atoms with Crippen LogP contribution < -0.4 is 10.6 Å². The van der Waals surface area contributed by atoms with E-state index < -0.39 is 0 Å². The van der Waals surface area contributed by atoms with Gasteiger partial charge in [-0.15, -0.1) is 0 Å². The third kappa shape index (κ3) is 3.02. The minimum atomic E-state index is -0.320. The Balaban J connectivity index is 2.14. The van der Waals surface area contributed by atoms with Gasteiger partial charge in [0.15, 0.2) is 5.13 Å². The third-order valence-corrected chi connectivity index (χ3v) is 4.44. The highest BCUT2D eigenvalue weighted by Gasteiger charge is 2.28. The monoisotopic (exact) mass is 300 g/mol. The Morgan fingerprint density at radius 3 is 3.10 bits per heavy atom. The topological polar surface area (TPSA) is 91.9 Å². The van der Waals surface area contributed by atoms with Gasteiger partial charge < -0.3 is 25.4 Å². The highest BCUT2D eigenvalue weighted by atomic mass is 32.1. The van der Waals surface area contributed by atoms with Crippen molar-refractivity contribution in [3.8, 4) is 0 Å². The Morgan fingerprint density at radius 2 is 2.45 bits per heavy atom. The molecule has 1 aliphatic rings. The van der Waals surface area contributed by atoms with Crippen LogP contribution in [0.3, 0.4) is 0 Å². The molecule has 1 unspecified atom stereocenters. The van der Waals surface area contributed by atoms with Crippen LogP contribution >= 0.6 is 11.3 Å². The maximum absolute atomic E-state index is 12.5. The molecule has 1 aliphatic heterocycles. The molecule has 0 aromatic carbocycles. The van der Waals surface area contributed by atoms with Gasteiger partial charge in [0.2, 0.25) is 0 Å². The number of anilines is 2. The van der Waals surface area contributed by atoms with Crippen molar-refractivity contribution in [3.05, 3.63) is 4.88 Å². The maximum atomic E-state index is 12.5. The van der Waals surface area contributed by atoms with Crippen LogP contribution in [0.25, 0.3) is 0 Å². The molecule has 1 saturated heterocycles. The van der Waals surface area contributed by atoms with Crippen LogP contribution in [0, 0.1) is 0 Å². The summed E-state index contributed by atoms with van der Waals surface area (Å²) in [4.78, 5) is 20.7. The van der Waals surface area contributed by atoms with E-state index in [2.05, 4.69) is 4.98 Å². The lowest BCUT2D eigenvalue weighted by Gasteiger charge is -2.31. The molecule has 1 fully saturated rings. The van der Waals surface area contributed by atoms with E-state index in [4.69, 9.17) is 15.6 Å². The van der Waals surface area contributed by atoms with Crippen LogP contribution in [-0.4, -0.2) is 66.9 Å². The fourth-order valence-corrected chi connectivity index (χ4v) is 2.91. The van der Waals surface area contributed by atoms with Gasteiger partial charge in [0, 0.05) is 26.7 Å². The van der Waals surface area contributed by atoms with E-state index >= 15 is 0 Å². The first kappa shape index (κ1) is 15.0. The van der Waals surface area contributed by atoms with Crippen molar-refractivity contribution in [2.24, 2.45) is 0 Å². The number of carbonyl (C=O) groups excluding carboxylic acids is 1. The zero-order chi connectivity index (χ0) is 14.7. The van der Waals surface area contributed by atoms with Crippen LogP contribution in [0.2, 0.25) is 0 Å². The number of aliphatic hydroxyl groups excluding tert-OH is 1. The zero-order valence-electron chi connectivity index (χ0n) is 11.7. The van der Waals surface area contributed by atoms with Crippen LogP contribution in [0.5, 0.6) is 0 Å². The van der Waals surface area contributed by atoms with Crippen molar-refractivity contribution in [1.82, 2.24) is 9.88 Å². The summed E-state index contributed by atoms with van der Waals surface area (Å²) in [6.45, 7) is 4.03. The molecule has 7 nitrogen and oxygen atoms in total. The molecule has 1 aromatic heterocycles. The van der Waals surface area contributed by atoms with E-state index in [1.54, 1.807) is 4.90 Å². The number of carbonyl (C=O) groups is 1. The molecule has 112 valence electrons. The summed E-state index contributed by atoms with van der Waals surface area (Å²) in [5.74, 6) is 0.125. The number of nitrogen functional groups attached to an aromatic ring is 1. The number of hydrogen-bond donors (Lipinski definition) is 2. The molecule has 0 saturated carbocycles. The van der Waals surface area contributed by atoms with Crippen molar-refractivity contribution in [3.63, 3.8) is 0 Å². The Morgan fingerprint density at radius 1 is 1.70 bits per heavy atom. The second kappa shape index (κ2) is 6.38. The Hall–Kier alpha value is -1.38. The van der Waals surface area contributed by atoms with Gasteiger partial charge in [-0.2, -0.15) is 0 Å². The predicted octanol–water partition coefficient (Wildman–Crippen LogP) is 0.0147. The highest BCUT2D eigenvalue weighted by molar-refractivity contribution is 7.18. The highest BCUT2D eigenvalue weighted by Crippen LogP contribution is 2.28. The molecule has 20 heavy (non-hydrogen) atoms. The van der Waals surface area contributed by atoms with Crippen molar-refractivity contribution in [1.29, 1.82) is 0 Å². The van der Waals surface area contributed by atoms with Gasteiger partial charge >= 0.3 is 0 Å². The normalized spacial score (nSPS) is 19.1. The average molecular weight is 300 g/mol. The summed E-state index contributed by atoms with van der Waals surface area (Å²) >= 11 is 1.30. The lowest BCUT2D eigenvalue weighted by Crippen LogP contribution is -2.46. The molecule has 0 spiro atoms. The molecule has 0 aliphatic carbocycles. The van der Waals surface area contributed by atoms with E-state index in [-0.39, 0.29) is 24.4 Å². The molecule has 2 heterocycles. The summed E-state index contributed by atoms with van der Waals surface area (Å²) in [6, 6.07) is 0. The molecular formula is C12H20N4O3S. The number of nitrogens with zero attached hydrogens (tertiary/aromatic N) is 3. The maximum Gasteiger partial charge on any atom is 0.268 e. The average Bonchev–Trinajstić information content (AvgIpc) is 2.87. The lowest BCUT2D eigenvalue weighted by atomic mass is 10.2. The number of aliphatic hydroxyl groups is 1. The van der Waals surface area contributed by atoms with Crippen molar-refractivity contribution >= 4 is 28.2 Å². The minimum absolute atomic E-state index is 0.0915. The van der Waals surface area contributed by atoms with Crippen LogP contribution in [0.4, 0.5) is 10.9 Å². The van der Waals surface area contributed by atoms with Gasteiger partial charge in [-0.25, -0.2) is 4.98 Å². The van der Waals surface area contributed by atoms with Gasteiger partial charge in [-0.05, 0) is 6.92 Å². The molecule has 1 atom stereocenters. The number of aromatic nitrogens is 1. The number of thiazole rings is 1. The first-order chi connectivity index (χ1) is 9.56. The summed E-state index contributed by atoms with van der Waals surface area (Å²) in [7, 11) is 1.91. The molecule has 0 bridgehead atoms. The summed E-state index contributed by atoms with van der Waals surface area (Å²) in [5.41, 5.74) is 5.85. The largest absolute Gasteiger partial charge is 0.394 e. The first-order valence-electron chi connectivity index (χ1n) is 6.56. The van der Waals surface area contributed by atoms with Gasteiger partial charge in [0.05, 0.1) is 19.3 Å². The van der Waals surface area contributed by atoms with Crippen LogP contribution in [0.1, 0.15) is 16.6 Å². The number of nitrogens with two attached hydrogens (primary N) is 1. The Kier molecular flexibility index (Phi) is 4.79. The van der Waals surface area contributed by atoms with E-state index in [1.165, 1.54) is 11.3 Å². The Labute approximate surface area is 121 Å². The minimum Gasteiger partial charge on any atom is -0.394 e. The zero-order valence-corrected chi connectivity index (χ0v) is 12.5. The van der Waals surface area contributed by atoms with Crippen molar-refractivity contribution < 1.29 is 14.6 Å². The van der Waals surface area contributed by atoms with Crippen LogP contribution in [0.15, 0.2) is 0 Å². The fourth-order valence-electron chi connectivity index (χ4n) is 1.93. The quantitative estimate of drug-likeness (QED) is 0.814. The number of rotatable bonds is 4. The smallest absolute Gasteiger partial charge is 0.268 e. The van der Waals surface area contributed by atoms with Gasteiger partial charge in [0.25, 0.3) is 5.91 Å². The van der Waals surface area contributed by atoms with Gasteiger partial charge in [0.1, 0.15) is 10.7 Å². The van der Waals surface area contributed by atoms with E-state index in [0.717, 1.165) is 11.7 Å². The van der Waals surface area contributed by atoms with Gasteiger partial charge in [-0.1, -0.05) is 11.3 Å². The number of hydrogen-bond acceptors (Lipinski definition) is 7. The van der Waals surface area contributed by atoms with Crippen molar-refractivity contribution in [2.75, 3.05) is 50.5 Å². The summed E-state index contributed by atoms with van der Waals surface area (Å²) in [5, 5.41) is 9.86. The van der Waals surface area contributed by atoms with E-state index in [1.807, 2.05) is 18.9 Å². The molecule has 2 rings (SSSR count). The summed E-state index contributed by atoms with van der Waals surface area (Å²) < 4.78 is 5.34.